The van der Waals surface area contributed by atoms with Gasteiger partial charge in [0, 0.05) is 11.6 Å². The number of aromatic nitrogens is 3. The standard InChI is InChI=1S/C19H12FN5O2S/c20-17-8-13(6-7-14(17)11-21)18-9-15(10-19-22-12-23-25(18)19)24-28(26,27)16-4-2-1-3-5-16/h1-10,12,24H. The number of nitriles is 1. The molecule has 0 unspecified atom stereocenters. The van der Waals surface area contributed by atoms with Gasteiger partial charge < -0.3 is 0 Å². The minimum Gasteiger partial charge on any atom is -0.279 e. The minimum atomic E-state index is -3.81. The molecule has 9 heteroatoms. The first-order chi connectivity index (χ1) is 13.5. The highest BCUT2D eigenvalue weighted by Gasteiger charge is 2.16. The summed E-state index contributed by atoms with van der Waals surface area (Å²) < 4.78 is 43.3. The first kappa shape index (κ1) is 17.6. The zero-order valence-corrected chi connectivity index (χ0v) is 15.1. The van der Waals surface area contributed by atoms with Crippen molar-refractivity contribution in [1.29, 1.82) is 5.26 Å². The van der Waals surface area contributed by atoms with Gasteiger partial charge in [0.1, 0.15) is 18.2 Å². The van der Waals surface area contributed by atoms with Gasteiger partial charge in [0.25, 0.3) is 10.0 Å². The molecule has 2 aromatic carbocycles. The summed E-state index contributed by atoms with van der Waals surface area (Å²) in [5.74, 6) is -0.677. The van der Waals surface area contributed by atoms with Crippen LogP contribution >= 0.6 is 0 Å². The number of hydrogen-bond donors (Lipinski definition) is 1. The Morgan fingerprint density at radius 1 is 1.07 bits per heavy atom. The van der Waals surface area contributed by atoms with E-state index in [2.05, 4.69) is 14.8 Å². The molecule has 0 amide bonds. The normalized spacial score (nSPS) is 11.3. The topological polar surface area (TPSA) is 100 Å². The van der Waals surface area contributed by atoms with Crippen LogP contribution in [0.1, 0.15) is 5.56 Å². The van der Waals surface area contributed by atoms with Crippen molar-refractivity contribution in [3.63, 3.8) is 0 Å². The molecule has 138 valence electrons. The van der Waals surface area contributed by atoms with Crippen molar-refractivity contribution in [3.8, 4) is 17.3 Å². The molecule has 2 aromatic heterocycles. The minimum absolute atomic E-state index is 0.0838. The molecule has 2 heterocycles. The lowest BCUT2D eigenvalue weighted by Gasteiger charge is -2.11. The molecule has 1 N–H and O–H groups in total. The Morgan fingerprint density at radius 3 is 2.57 bits per heavy atom. The Balaban J connectivity index is 1.82. The van der Waals surface area contributed by atoms with Gasteiger partial charge in [-0.1, -0.05) is 24.3 Å². The summed E-state index contributed by atoms with van der Waals surface area (Å²) in [6.07, 6.45) is 1.31. The molecule has 4 rings (SSSR count). The van der Waals surface area contributed by atoms with Crippen LogP contribution in [0.15, 0.2) is 71.9 Å². The van der Waals surface area contributed by atoms with E-state index in [1.807, 2.05) is 0 Å². The number of fused-ring (bicyclic) bond motifs is 1. The Kier molecular flexibility index (Phi) is 4.25. The first-order valence-corrected chi connectivity index (χ1v) is 9.58. The van der Waals surface area contributed by atoms with Crippen LogP contribution < -0.4 is 4.72 Å². The Labute approximate surface area is 159 Å². The van der Waals surface area contributed by atoms with Gasteiger partial charge >= 0.3 is 0 Å². The van der Waals surface area contributed by atoms with Crippen LogP contribution in [-0.2, 0) is 10.0 Å². The lowest BCUT2D eigenvalue weighted by molar-refractivity contribution is 0.601. The highest BCUT2D eigenvalue weighted by atomic mass is 32.2. The molecular formula is C19H12FN5O2S. The Bertz CT molecular complexity index is 1330. The largest absolute Gasteiger partial charge is 0.279 e. The third kappa shape index (κ3) is 3.17. The molecule has 0 spiro atoms. The zero-order chi connectivity index (χ0) is 19.7. The maximum absolute atomic E-state index is 14.1. The summed E-state index contributed by atoms with van der Waals surface area (Å²) in [6.45, 7) is 0. The van der Waals surface area contributed by atoms with E-state index in [4.69, 9.17) is 5.26 Å². The van der Waals surface area contributed by atoms with Gasteiger partial charge in [-0.15, -0.1) is 0 Å². The second-order valence-corrected chi connectivity index (χ2v) is 7.57. The summed E-state index contributed by atoms with van der Waals surface area (Å²) in [5.41, 5.74) is 1.40. The zero-order valence-electron chi connectivity index (χ0n) is 14.2. The molecular weight excluding hydrogens is 381 g/mol. The smallest absolute Gasteiger partial charge is 0.261 e. The van der Waals surface area contributed by atoms with E-state index in [1.54, 1.807) is 30.3 Å². The van der Waals surface area contributed by atoms with Crippen molar-refractivity contribution in [2.45, 2.75) is 4.90 Å². The number of halogens is 1. The van der Waals surface area contributed by atoms with Crippen LogP contribution in [-0.4, -0.2) is 23.0 Å². The van der Waals surface area contributed by atoms with Crippen LogP contribution in [0, 0.1) is 17.1 Å². The SMILES string of the molecule is N#Cc1ccc(-c2cc(NS(=O)(=O)c3ccccc3)cc3ncnn23)cc1F. The maximum atomic E-state index is 14.1. The second kappa shape index (κ2) is 6.75. The molecule has 0 aliphatic heterocycles. The van der Waals surface area contributed by atoms with E-state index in [0.29, 0.717) is 16.9 Å². The summed E-state index contributed by atoms with van der Waals surface area (Å²) in [5, 5.41) is 13.0. The van der Waals surface area contributed by atoms with Crippen molar-refractivity contribution >= 4 is 21.4 Å². The van der Waals surface area contributed by atoms with Gasteiger partial charge in [0.15, 0.2) is 5.65 Å². The molecule has 0 aliphatic carbocycles. The number of sulfonamides is 1. The molecule has 0 radical (unpaired) electrons. The van der Waals surface area contributed by atoms with Crippen molar-refractivity contribution in [3.05, 3.63) is 78.4 Å². The number of nitrogens with zero attached hydrogens (tertiary/aromatic N) is 4. The lowest BCUT2D eigenvalue weighted by Crippen LogP contribution is -2.13. The van der Waals surface area contributed by atoms with E-state index in [9.17, 15) is 12.8 Å². The highest BCUT2D eigenvalue weighted by molar-refractivity contribution is 7.92. The van der Waals surface area contributed by atoms with Crippen LogP contribution in [0.3, 0.4) is 0 Å². The van der Waals surface area contributed by atoms with Crippen LogP contribution in [0.2, 0.25) is 0 Å². The average Bonchev–Trinajstić information content (AvgIpc) is 3.16. The highest BCUT2D eigenvalue weighted by Crippen LogP contribution is 2.27. The average molecular weight is 393 g/mol. The van der Waals surface area contributed by atoms with E-state index < -0.39 is 15.8 Å². The Hall–Kier alpha value is -3.77. The fraction of sp³-hybridized carbons (Fsp3) is 0. The summed E-state index contributed by atoms with van der Waals surface area (Å²) in [7, 11) is -3.81. The molecule has 28 heavy (non-hydrogen) atoms. The van der Waals surface area contributed by atoms with E-state index in [-0.39, 0.29) is 16.1 Å². The van der Waals surface area contributed by atoms with Gasteiger partial charge in [-0.2, -0.15) is 10.4 Å². The van der Waals surface area contributed by atoms with Crippen molar-refractivity contribution in [2.75, 3.05) is 4.72 Å². The fourth-order valence-electron chi connectivity index (χ4n) is 2.77. The number of hydrogen-bond acceptors (Lipinski definition) is 5. The molecule has 0 fully saturated rings. The number of benzene rings is 2. The molecule has 0 saturated heterocycles. The quantitative estimate of drug-likeness (QED) is 0.574. The number of nitrogens with one attached hydrogen (secondary N) is 1. The van der Waals surface area contributed by atoms with Gasteiger partial charge in [-0.25, -0.2) is 22.3 Å². The van der Waals surface area contributed by atoms with Crippen LogP contribution in [0.25, 0.3) is 16.9 Å². The Morgan fingerprint density at radius 2 is 1.86 bits per heavy atom. The van der Waals surface area contributed by atoms with Crippen LogP contribution in [0.4, 0.5) is 10.1 Å². The predicted octanol–water partition coefficient (Wildman–Crippen LogP) is 3.21. The molecule has 7 nitrogen and oxygen atoms in total. The monoisotopic (exact) mass is 393 g/mol. The van der Waals surface area contributed by atoms with Crippen molar-refractivity contribution in [1.82, 2.24) is 14.6 Å². The number of anilines is 1. The lowest BCUT2D eigenvalue weighted by atomic mass is 10.1. The predicted molar refractivity (Wildman–Crippen MR) is 100 cm³/mol. The summed E-state index contributed by atoms with van der Waals surface area (Å²) >= 11 is 0. The second-order valence-electron chi connectivity index (χ2n) is 5.88. The van der Waals surface area contributed by atoms with E-state index in [1.165, 1.54) is 47.2 Å². The molecule has 0 saturated carbocycles. The van der Waals surface area contributed by atoms with Crippen molar-refractivity contribution in [2.24, 2.45) is 0 Å². The van der Waals surface area contributed by atoms with E-state index in [0.717, 1.165) is 0 Å². The third-order valence-corrected chi connectivity index (χ3v) is 5.47. The molecule has 0 bridgehead atoms. The molecule has 4 aromatic rings. The van der Waals surface area contributed by atoms with Crippen molar-refractivity contribution < 1.29 is 12.8 Å². The molecule has 0 aliphatic rings. The third-order valence-electron chi connectivity index (χ3n) is 4.07. The van der Waals surface area contributed by atoms with E-state index >= 15 is 0 Å². The van der Waals surface area contributed by atoms with Gasteiger partial charge in [-0.05, 0) is 30.3 Å². The number of rotatable bonds is 4. The van der Waals surface area contributed by atoms with Gasteiger partial charge in [-0.3, -0.25) is 4.72 Å². The maximum Gasteiger partial charge on any atom is 0.261 e. The van der Waals surface area contributed by atoms with Crippen LogP contribution in [0.5, 0.6) is 0 Å². The summed E-state index contributed by atoms with van der Waals surface area (Å²) in [6, 6.07) is 16.9. The number of pyridine rings is 1. The fourth-order valence-corrected chi connectivity index (χ4v) is 3.83. The van der Waals surface area contributed by atoms with Gasteiger partial charge in [0.05, 0.1) is 21.8 Å². The summed E-state index contributed by atoms with van der Waals surface area (Å²) in [4.78, 5) is 4.21. The molecule has 0 atom stereocenters. The van der Waals surface area contributed by atoms with Gasteiger partial charge in [0.2, 0.25) is 0 Å². The first-order valence-electron chi connectivity index (χ1n) is 8.09.